The SMILES string of the molecule is Cn1cc(N2CCC(=O)C(Cc3cccc(-c4ncc(OCC(C)(C)O)cn4)c3)=N2)cn1. The van der Waals surface area contributed by atoms with Crippen LogP contribution in [0.1, 0.15) is 25.8 Å². The molecular formula is C23H26N6O3. The van der Waals surface area contributed by atoms with E-state index in [1.54, 1.807) is 37.1 Å². The summed E-state index contributed by atoms with van der Waals surface area (Å²) in [5.41, 5.74) is 2.25. The first kappa shape index (κ1) is 21.6. The first-order chi connectivity index (χ1) is 15.3. The molecule has 0 bridgehead atoms. The number of hydrogen-bond acceptors (Lipinski definition) is 8. The van der Waals surface area contributed by atoms with E-state index in [9.17, 15) is 9.90 Å². The summed E-state index contributed by atoms with van der Waals surface area (Å²) in [4.78, 5) is 21.2. The molecule has 9 nitrogen and oxygen atoms in total. The van der Waals surface area contributed by atoms with E-state index < -0.39 is 5.60 Å². The predicted molar refractivity (Wildman–Crippen MR) is 121 cm³/mol. The van der Waals surface area contributed by atoms with Crippen molar-refractivity contribution in [2.45, 2.75) is 32.3 Å². The smallest absolute Gasteiger partial charge is 0.181 e. The van der Waals surface area contributed by atoms with Gasteiger partial charge in [-0.25, -0.2) is 9.97 Å². The Morgan fingerprint density at radius 3 is 2.66 bits per heavy atom. The van der Waals surface area contributed by atoms with Crippen molar-refractivity contribution in [2.24, 2.45) is 12.1 Å². The number of nitrogens with zero attached hydrogens (tertiary/aromatic N) is 6. The van der Waals surface area contributed by atoms with E-state index in [1.807, 2.05) is 42.5 Å². The number of carbonyl (C=O) groups excluding carboxylic acids is 1. The van der Waals surface area contributed by atoms with Gasteiger partial charge in [-0.3, -0.25) is 14.5 Å². The van der Waals surface area contributed by atoms with Crippen LogP contribution in [0.4, 0.5) is 5.69 Å². The highest BCUT2D eigenvalue weighted by atomic mass is 16.5. The molecule has 1 aliphatic heterocycles. The number of aromatic nitrogens is 4. The molecule has 3 heterocycles. The molecule has 0 spiro atoms. The highest BCUT2D eigenvalue weighted by molar-refractivity contribution is 6.41. The van der Waals surface area contributed by atoms with Crippen molar-refractivity contribution >= 4 is 17.2 Å². The second kappa shape index (κ2) is 8.88. The third-order valence-corrected chi connectivity index (χ3v) is 4.88. The maximum absolute atomic E-state index is 12.5. The van der Waals surface area contributed by atoms with Gasteiger partial charge >= 0.3 is 0 Å². The van der Waals surface area contributed by atoms with Gasteiger partial charge in [0.25, 0.3) is 0 Å². The molecule has 1 aliphatic rings. The van der Waals surface area contributed by atoms with E-state index in [0.29, 0.717) is 36.7 Å². The summed E-state index contributed by atoms with van der Waals surface area (Å²) in [6.45, 7) is 4.04. The van der Waals surface area contributed by atoms with Crippen molar-refractivity contribution in [1.82, 2.24) is 19.7 Å². The maximum Gasteiger partial charge on any atom is 0.181 e. The molecule has 1 N–H and O–H groups in total. The van der Waals surface area contributed by atoms with Crippen LogP contribution in [0.2, 0.25) is 0 Å². The number of aryl methyl sites for hydroxylation is 1. The molecule has 0 saturated carbocycles. The highest BCUT2D eigenvalue weighted by Crippen LogP contribution is 2.21. The molecule has 4 rings (SSSR count). The van der Waals surface area contributed by atoms with Crippen molar-refractivity contribution in [1.29, 1.82) is 0 Å². The Balaban J connectivity index is 1.49. The molecule has 1 aromatic carbocycles. The molecule has 0 atom stereocenters. The van der Waals surface area contributed by atoms with Gasteiger partial charge in [-0.2, -0.15) is 10.2 Å². The largest absolute Gasteiger partial charge is 0.487 e. The van der Waals surface area contributed by atoms with E-state index >= 15 is 0 Å². The minimum absolute atomic E-state index is 0.0557. The molecule has 0 fully saturated rings. The standard InChI is InChI=1S/C23H26N6O3/c1-23(2,31)15-32-19-12-24-22(25-13-19)17-6-4-5-16(9-17)10-20-21(30)7-8-29(27-20)18-11-26-28(3)14-18/h4-6,9,11-14,31H,7-8,10,15H2,1-3H3. The molecular weight excluding hydrogens is 408 g/mol. The van der Waals surface area contributed by atoms with E-state index in [2.05, 4.69) is 20.2 Å². The Morgan fingerprint density at radius 1 is 1.19 bits per heavy atom. The minimum atomic E-state index is -0.932. The van der Waals surface area contributed by atoms with Crippen molar-refractivity contribution in [3.63, 3.8) is 0 Å². The van der Waals surface area contributed by atoms with Crippen LogP contribution >= 0.6 is 0 Å². The number of rotatable bonds is 7. The average molecular weight is 435 g/mol. The zero-order chi connectivity index (χ0) is 22.7. The Morgan fingerprint density at radius 2 is 1.97 bits per heavy atom. The van der Waals surface area contributed by atoms with Crippen LogP contribution in [0.25, 0.3) is 11.4 Å². The predicted octanol–water partition coefficient (Wildman–Crippen LogP) is 2.40. The zero-order valence-corrected chi connectivity index (χ0v) is 18.4. The molecule has 0 radical (unpaired) electrons. The molecule has 0 aliphatic carbocycles. The van der Waals surface area contributed by atoms with Crippen molar-refractivity contribution in [2.75, 3.05) is 18.2 Å². The number of ether oxygens (including phenoxy) is 1. The first-order valence-electron chi connectivity index (χ1n) is 10.4. The molecule has 0 unspecified atom stereocenters. The van der Waals surface area contributed by atoms with Crippen LogP contribution in [0, 0.1) is 0 Å². The first-order valence-corrected chi connectivity index (χ1v) is 10.4. The van der Waals surface area contributed by atoms with Crippen LogP contribution < -0.4 is 9.75 Å². The lowest BCUT2D eigenvalue weighted by atomic mass is 10.0. The lowest BCUT2D eigenvalue weighted by molar-refractivity contribution is -0.113. The number of hydrazone groups is 1. The number of ketones is 1. The van der Waals surface area contributed by atoms with Crippen LogP contribution in [0.3, 0.4) is 0 Å². The van der Waals surface area contributed by atoms with E-state index in [-0.39, 0.29) is 12.4 Å². The number of benzene rings is 1. The van der Waals surface area contributed by atoms with Crippen LogP contribution in [0.15, 0.2) is 54.2 Å². The molecule has 2 aromatic heterocycles. The van der Waals surface area contributed by atoms with Gasteiger partial charge in [0.2, 0.25) is 0 Å². The fraction of sp³-hybridized carbons (Fsp3) is 0.348. The third-order valence-electron chi connectivity index (χ3n) is 4.88. The lowest BCUT2D eigenvalue weighted by Gasteiger charge is -2.23. The van der Waals surface area contributed by atoms with Gasteiger partial charge in [-0.05, 0) is 25.5 Å². The summed E-state index contributed by atoms with van der Waals surface area (Å²) in [5, 5.41) is 20.3. The molecule has 0 amide bonds. The van der Waals surface area contributed by atoms with Crippen molar-refractivity contribution in [3.8, 4) is 17.1 Å². The van der Waals surface area contributed by atoms with Gasteiger partial charge in [0, 0.05) is 38.2 Å². The fourth-order valence-electron chi connectivity index (χ4n) is 3.28. The Kier molecular flexibility index (Phi) is 6.00. The summed E-state index contributed by atoms with van der Waals surface area (Å²) in [5.74, 6) is 1.10. The molecule has 32 heavy (non-hydrogen) atoms. The van der Waals surface area contributed by atoms with Crippen molar-refractivity contribution < 1.29 is 14.6 Å². The number of carbonyl (C=O) groups is 1. The zero-order valence-electron chi connectivity index (χ0n) is 18.4. The Bertz CT molecular complexity index is 1130. The monoisotopic (exact) mass is 434 g/mol. The van der Waals surface area contributed by atoms with Gasteiger partial charge in [0.05, 0.1) is 29.9 Å². The third kappa shape index (κ3) is 5.36. The Hall–Kier alpha value is -3.59. The second-order valence-electron chi connectivity index (χ2n) is 8.44. The number of Topliss-reactive ketones (excluding diaryl/α,β-unsaturated/α-hetero) is 1. The summed E-state index contributed by atoms with van der Waals surface area (Å²) >= 11 is 0. The summed E-state index contributed by atoms with van der Waals surface area (Å²) in [6, 6.07) is 7.76. The van der Waals surface area contributed by atoms with Crippen molar-refractivity contribution in [3.05, 3.63) is 54.6 Å². The average Bonchev–Trinajstić information content (AvgIpc) is 3.20. The Labute approximate surface area is 186 Å². The lowest BCUT2D eigenvalue weighted by Crippen LogP contribution is -2.33. The van der Waals surface area contributed by atoms with E-state index in [0.717, 1.165) is 16.8 Å². The highest BCUT2D eigenvalue weighted by Gasteiger charge is 2.22. The minimum Gasteiger partial charge on any atom is -0.487 e. The van der Waals surface area contributed by atoms with E-state index in [1.165, 1.54) is 0 Å². The normalized spacial score (nSPS) is 14.4. The molecule has 166 valence electrons. The van der Waals surface area contributed by atoms with Gasteiger partial charge in [0.15, 0.2) is 17.4 Å². The number of aliphatic hydroxyl groups is 1. The van der Waals surface area contributed by atoms with Gasteiger partial charge in [0.1, 0.15) is 12.3 Å². The van der Waals surface area contributed by atoms with Crippen LogP contribution in [0.5, 0.6) is 5.75 Å². The number of hydrogen-bond donors (Lipinski definition) is 1. The van der Waals surface area contributed by atoms with E-state index in [4.69, 9.17) is 4.74 Å². The summed E-state index contributed by atoms with van der Waals surface area (Å²) in [7, 11) is 1.85. The molecule has 0 saturated heterocycles. The molecule has 3 aromatic rings. The van der Waals surface area contributed by atoms with Crippen LogP contribution in [-0.4, -0.2) is 55.1 Å². The van der Waals surface area contributed by atoms with Gasteiger partial charge < -0.3 is 9.84 Å². The van der Waals surface area contributed by atoms with Gasteiger partial charge in [-0.15, -0.1) is 0 Å². The topological polar surface area (TPSA) is 106 Å². The molecule has 9 heteroatoms. The summed E-state index contributed by atoms with van der Waals surface area (Å²) in [6.07, 6.45) is 7.63. The summed E-state index contributed by atoms with van der Waals surface area (Å²) < 4.78 is 7.22. The quantitative estimate of drug-likeness (QED) is 0.609. The van der Waals surface area contributed by atoms with Gasteiger partial charge in [-0.1, -0.05) is 18.2 Å². The van der Waals surface area contributed by atoms with Crippen LogP contribution in [-0.2, 0) is 18.3 Å². The maximum atomic E-state index is 12.5. The second-order valence-corrected chi connectivity index (χ2v) is 8.44. The fourth-order valence-corrected chi connectivity index (χ4v) is 3.28. The number of anilines is 1.